The molecule has 0 amide bonds. The highest BCUT2D eigenvalue weighted by Gasteiger charge is 2.34. The maximum absolute atomic E-state index is 9.31. The number of ether oxygens (including phenoxy) is 1. The first-order valence-corrected chi connectivity index (χ1v) is 8.44. The van der Waals surface area contributed by atoms with Gasteiger partial charge in [0.2, 0.25) is 0 Å². The Labute approximate surface area is 162 Å². The molecule has 1 aliphatic rings. The van der Waals surface area contributed by atoms with Gasteiger partial charge in [0.25, 0.3) is 0 Å². The molecule has 1 heterocycles. The van der Waals surface area contributed by atoms with Gasteiger partial charge in [0.05, 0.1) is 13.2 Å². The maximum atomic E-state index is 9.31. The van der Waals surface area contributed by atoms with Gasteiger partial charge in [0.15, 0.2) is 5.96 Å². The van der Waals surface area contributed by atoms with E-state index in [1.807, 2.05) is 12.1 Å². The molecule has 0 aromatic heterocycles. The fourth-order valence-corrected chi connectivity index (χ4v) is 2.88. The van der Waals surface area contributed by atoms with Gasteiger partial charge in [-0.05, 0) is 37.8 Å². The van der Waals surface area contributed by atoms with Crippen molar-refractivity contribution >= 4 is 29.9 Å². The molecule has 1 aromatic carbocycles. The lowest BCUT2D eigenvalue weighted by Gasteiger charge is -2.27. The molecule has 1 unspecified atom stereocenters. The van der Waals surface area contributed by atoms with E-state index in [0.717, 1.165) is 38.5 Å². The number of hydrogen-bond donors (Lipinski definition) is 3. The van der Waals surface area contributed by atoms with Gasteiger partial charge in [0.1, 0.15) is 0 Å². The molecule has 136 valence electrons. The van der Waals surface area contributed by atoms with Crippen LogP contribution in [0.2, 0.25) is 0 Å². The summed E-state index contributed by atoms with van der Waals surface area (Å²) in [6, 6.07) is 8.31. The molecular weight excluding hydrogens is 417 g/mol. The monoisotopic (exact) mass is 447 g/mol. The predicted octanol–water partition coefficient (Wildman–Crippen LogP) is 2.46. The Morgan fingerprint density at radius 1 is 1.33 bits per heavy atom. The van der Waals surface area contributed by atoms with Gasteiger partial charge in [-0.25, -0.2) is 4.99 Å². The van der Waals surface area contributed by atoms with Crippen LogP contribution in [0.3, 0.4) is 0 Å². The lowest BCUT2D eigenvalue weighted by atomic mass is 9.84. The average Bonchev–Trinajstić information content (AvgIpc) is 3.01. The highest BCUT2D eigenvalue weighted by atomic mass is 127. The molecular formula is C18H30IN3O2. The molecule has 0 bridgehead atoms. The normalized spacial score (nSPS) is 20.5. The molecule has 0 spiro atoms. The first kappa shape index (κ1) is 21.2. The van der Waals surface area contributed by atoms with Crippen LogP contribution in [0, 0.1) is 12.3 Å². The molecule has 1 saturated heterocycles. The number of aliphatic hydroxyl groups excluding tert-OH is 1. The van der Waals surface area contributed by atoms with Crippen LogP contribution >= 0.6 is 24.0 Å². The first-order valence-electron chi connectivity index (χ1n) is 8.44. The molecule has 3 N–H and O–H groups in total. The smallest absolute Gasteiger partial charge is 0.191 e. The summed E-state index contributed by atoms with van der Waals surface area (Å²) in [6.45, 7) is 8.10. The van der Waals surface area contributed by atoms with E-state index >= 15 is 0 Å². The maximum Gasteiger partial charge on any atom is 0.191 e. The number of benzene rings is 1. The number of halogens is 1. The third kappa shape index (κ3) is 6.22. The lowest BCUT2D eigenvalue weighted by molar-refractivity contribution is 0.127. The largest absolute Gasteiger partial charge is 0.396 e. The second-order valence-corrected chi connectivity index (χ2v) is 6.25. The third-order valence-corrected chi connectivity index (χ3v) is 4.47. The third-order valence-electron chi connectivity index (χ3n) is 4.47. The predicted molar refractivity (Wildman–Crippen MR) is 109 cm³/mol. The van der Waals surface area contributed by atoms with E-state index in [1.54, 1.807) is 0 Å². The molecule has 1 aromatic rings. The van der Waals surface area contributed by atoms with E-state index in [2.05, 4.69) is 41.6 Å². The minimum absolute atomic E-state index is 0. The number of rotatable bonds is 7. The summed E-state index contributed by atoms with van der Waals surface area (Å²) in [5, 5.41) is 16.0. The standard InChI is InChI=1S/C18H29N3O2.HI/c1-3-19-17(20-12-16-7-5-4-6-15(16)2)21-13-18(8-10-22)9-11-23-14-18;/h4-7,22H,3,8-14H2,1-2H3,(H2,19,20,21);1H. The first-order chi connectivity index (χ1) is 11.2. The summed E-state index contributed by atoms with van der Waals surface area (Å²) >= 11 is 0. The number of hydrogen-bond acceptors (Lipinski definition) is 3. The zero-order valence-electron chi connectivity index (χ0n) is 14.7. The van der Waals surface area contributed by atoms with Crippen LogP contribution in [-0.2, 0) is 11.3 Å². The minimum Gasteiger partial charge on any atom is -0.396 e. The quantitative estimate of drug-likeness (QED) is 0.342. The van der Waals surface area contributed by atoms with Crippen molar-refractivity contribution in [2.45, 2.75) is 33.2 Å². The molecule has 2 rings (SSSR count). The van der Waals surface area contributed by atoms with Gasteiger partial charge >= 0.3 is 0 Å². The highest BCUT2D eigenvalue weighted by Crippen LogP contribution is 2.31. The Balaban J connectivity index is 0.00000288. The molecule has 0 saturated carbocycles. The number of aryl methyl sites for hydroxylation is 1. The Morgan fingerprint density at radius 2 is 2.12 bits per heavy atom. The van der Waals surface area contributed by atoms with E-state index in [0.29, 0.717) is 13.2 Å². The van der Waals surface area contributed by atoms with E-state index in [4.69, 9.17) is 4.74 Å². The van der Waals surface area contributed by atoms with Gasteiger partial charge in [-0.1, -0.05) is 24.3 Å². The van der Waals surface area contributed by atoms with Crippen molar-refractivity contribution in [1.29, 1.82) is 0 Å². The van der Waals surface area contributed by atoms with Crippen LogP contribution in [0.15, 0.2) is 29.3 Å². The second kappa shape index (κ2) is 10.9. The van der Waals surface area contributed by atoms with Crippen LogP contribution in [0.5, 0.6) is 0 Å². The molecule has 1 aliphatic heterocycles. The lowest BCUT2D eigenvalue weighted by Crippen LogP contribution is -2.44. The van der Waals surface area contributed by atoms with Crippen LogP contribution in [0.1, 0.15) is 30.9 Å². The number of aliphatic hydroxyl groups is 1. The molecule has 6 heteroatoms. The van der Waals surface area contributed by atoms with Crippen LogP contribution < -0.4 is 10.6 Å². The number of nitrogens with zero attached hydrogens (tertiary/aromatic N) is 1. The Bertz CT molecular complexity index is 517. The van der Waals surface area contributed by atoms with Crippen LogP contribution in [-0.4, -0.2) is 44.0 Å². The molecule has 5 nitrogen and oxygen atoms in total. The van der Waals surface area contributed by atoms with Crippen molar-refractivity contribution in [3.05, 3.63) is 35.4 Å². The molecule has 1 atom stereocenters. The minimum atomic E-state index is 0. The van der Waals surface area contributed by atoms with E-state index in [-0.39, 0.29) is 36.0 Å². The number of aliphatic imine (C=N–C) groups is 1. The summed E-state index contributed by atoms with van der Waals surface area (Å²) in [6.07, 6.45) is 1.74. The Kier molecular flexibility index (Phi) is 9.61. The van der Waals surface area contributed by atoms with Crippen molar-refractivity contribution in [1.82, 2.24) is 10.6 Å². The second-order valence-electron chi connectivity index (χ2n) is 6.25. The van der Waals surface area contributed by atoms with Crippen molar-refractivity contribution in [3.63, 3.8) is 0 Å². The summed E-state index contributed by atoms with van der Waals surface area (Å²) in [7, 11) is 0. The molecule has 0 aliphatic carbocycles. The number of guanidine groups is 1. The van der Waals surface area contributed by atoms with Gasteiger partial charge in [-0.3, -0.25) is 0 Å². The summed E-state index contributed by atoms with van der Waals surface area (Å²) in [5.41, 5.74) is 2.51. The fraction of sp³-hybridized carbons (Fsp3) is 0.611. The van der Waals surface area contributed by atoms with Gasteiger partial charge in [-0.15, -0.1) is 24.0 Å². The van der Waals surface area contributed by atoms with Gasteiger partial charge in [0, 0.05) is 31.7 Å². The topological polar surface area (TPSA) is 65.9 Å². The van der Waals surface area contributed by atoms with Crippen LogP contribution in [0.25, 0.3) is 0 Å². The SMILES string of the molecule is CCNC(=NCc1ccccc1C)NCC1(CCO)CCOC1.I. The van der Waals surface area contributed by atoms with E-state index < -0.39 is 0 Å². The molecule has 0 radical (unpaired) electrons. The van der Waals surface area contributed by atoms with Gasteiger partial charge < -0.3 is 20.5 Å². The van der Waals surface area contributed by atoms with Gasteiger partial charge in [-0.2, -0.15) is 0 Å². The van der Waals surface area contributed by atoms with Crippen molar-refractivity contribution < 1.29 is 9.84 Å². The average molecular weight is 447 g/mol. The van der Waals surface area contributed by atoms with Crippen LogP contribution in [0.4, 0.5) is 0 Å². The highest BCUT2D eigenvalue weighted by molar-refractivity contribution is 14.0. The van der Waals surface area contributed by atoms with Crippen molar-refractivity contribution in [2.24, 2.45) is 10.4 Å². The fourth-order valence-electron chi connectivity index (χ4n) is 2.88. The summed E-state index contributed by atoms with van der Waals surface area (Å²) in [4.78, 5) is 4.69. The van der Waals surface area contributed by atoms with E-state index in [1.165, 1.54) is 11.1 Å². The Hall–Kier alpha value is -0.860. The molecule has 24 heavy (non-hydrogen) atoms. The number of nitrogens with one attached hydrogen (secondary N) is 2. The van der Waals surface area contributed by atoms with Crippen molar-refractivity contribution in [3.8, 4) is 0 Å². The van der Waals surface area contributed by atoms with Crippen molar-refractivity contribution in [2.75, 3.05) is 32.9 Å². The zero-order chi connectivity index (χ0) is 16.5. The summed E-state index contributed by atoms with van der Waals surface area (Å²) < 4.78 is 5.54. The summed E-state index contributed by atoms with van der Waals surface area (Å²) in [5.74, 6) is 0.819. The van der Waals surface area contributed by atoms with E-state index in [9.17, 15) is 5.11 Å². The molecule has 1 fully saturated rings. The Morgan fingerprint density at radius 3 is 2.75 bits per heavy atom. The zero-order valence-corrected chi connectivity index (χ0v) is 17.0.